The Labute approximate surface area is 133 Å². The number of rotatable bonds is 6. The quantitative estimate of drug-likeness (QED) is 0.878. The van der Waals surface area contributed by atoms with Gasteiger partial charge in [-0.15, -0.1) is 0 Å². The fraction of sp³-hybridized carbons (Fsp3) is 0.611. The number of likely N-dealkylation sites (tertiary alicyclic amines) is 1. The van der Waals surface area contributed by atoms with E-state index in [4.69, 9.17) is 4.74 Å². The number of carbonyl (C=O) groups excluding carboxylic acids is 1. The molecule has 0 spiro atoms. The number of ether oxygens (including phenoxy) is 1. The molecule has 1 aromatic rings. The molecule has 1 N–H and O–H groups in total. The van der Waals surface area contributed by atoms with Crippen molar-refractivity contribution in [3.8, 4) is 5.75 Å². The van der Waals surface area contributed by atoms with Crippen LogP contribution in [0.3, 0.4) is 0 Å². The second kappa shape index (κ2) is 7.63. The lowest BCUT2D eigenvalue weighted by molar-refractivity contribution is -0.132. The average Bonchev–Trinajstić information content (AvgIpc) is 2.93. The summed E-state index contributed by atoms with van der Waals surface area (Å²) in [6.07, 6.45) is 1.08. The van der Waals surface area contributed by atoms with Crippen molar-refractivity contribution < 1.29 is 9.53 Å². The predicted molar refractivity (Wildman–Crippen MR) is 89.4 cm³/mol. The zero-order chi connectivity index (χ0) is 16.1. The first kappa shape index (κ1) is 16.8. The Morgan fingerprint density at radius 2 is 2.23 bits per heavy atom. The van der Waals surface area contributed by atoms with Crippen molar-refractivity contribution in [2.24, 2.45) is 5.92 Å². The molecule has 1 aromatic carbocycles. The van der Waals surface area contributed by atoms with Gasteiger partial charge in [0.05, 0.1) is 0 Å². The molecular formula is C18H28N2O2. The summed E-state index contributed by atoms with van der Waals surface area (Å²) in [7, 11) is 1.96. The monoisotopic (exact) mass is 304 g/mol. The van der Waals surface area contributed by atoms with Gasteiger partial charge in [-0.25, -0.2) is 0 Å². The largest absolute Gasteiger partial charge is 0.483 e. The van der Waals surface area contributed by atoms with Gasteiger partial charge in [0.15, 0.2) is 6.61 Å². The van der Waals surface area contributed by atoms with E-state index >= 15 is 0 Å². The third kappa shape index (κ3) is 4.23. The molecule has 1 atom stereocenters. The van der Waals surface area contributed by atoms with Crippen LogP contribution < -0.4 is 10.1 Å². The molecule has 0 saturated carbocycles. The number of carbonyl (C=O) groups is 1. The Balaban J connectivity index is 1.93. The highest BCUT2D eigenvalue weighted by atomic mass is 16.5. The smallest absolute Gasteiger partial charge is 0.260 e. The minimum Gasteiger partial charge on any atom is -0.483 e. The van der Waals surface area contributed by atoms with E-state index in [1.165, 1.54) is 0 Å². The Bertz CT molecular complexity index is 514. The lowest BCUT2D eigenvalue weighted by Gasteiger charge is -2.19. The molecular weight excluding hydrogens is 276 g/mol. The molecule has 22 heavy (non-hydrogen) atoms. The van der Waals surface area contributed by atoms with Gasteiger partial charge in [-0.1, -0.05) is 26.0 Å². The van der Waals surface area contributed by atoms with E-state index in [9.17, 15) is 4.79 Å². The maximum absolute atomic E-state index is 12.3. The maximum atomic E-state index is 12.3. The molecule has 0 aromatic heterocycles. The van der Waals surface area contributed by atoms with Gasteiger partial charge in [-0.05, 0) is 56.0 Å². The SMILES string of the molecule is CNCC1CCN(C(=O)COc2cc(C)ccc2C(C)C)C1. The third-order valence-corrected chi connectivity index (χ3v) is 4.27. The van der Waals surface area contributed by atoms with E-state index in [-0.39, 0.29) is 12.5 Å². The minimum absolute atomic E-state index is 0.0924. The van der Waals surface area contributed by atoms with Gasteiger partial charge >= 0.3 is 0 Å². The Hall–Kier alpha value is -1.55. The van der Waals surface area contributed by atoms with Crippen molar-refractivity contribution in [3.05, 3.63) is 29.3 Å². The van der Waals surface area contributed by atoms with Gasteiger partial charge in [0, 0.05) is 13.1 Å². The van der Waals surface area contributed by atoms with Crippen molar-refractivity contribution in [1.82, 2.24) is 10.2 Å². The molecule has 0 radical (unpaired) electrons. The molecule has 4 heteroatoms. The number of aryl methyl sites for hydroxylation is 1. The highest BCUT2D eigenvalue weighted by Gasteiger charge is 2.26. The zero-order valence-electron chi connectivity index (χ0n) is 14.2. The molecule has 1 amide bonds. The summed E-state index contributed by atoms with van der Waals surface area (Å²) in [5.41, 5.74) is 2.31. The summed E-state index contributed by atoms with van der Waals surface area (Å²) in [6, 6.07) is 6.21. The molecule has 1 aliphatic heterocycles. The Kier molecular flexibility index (Phi) is 5.83. The van der Waals surface area contributed by atoms with Crippen LogP contribution in [0.5, 0.6) is 5.75 Å². The van der Waals surface area contributed by atoms with Crippen LogP contribution in [-0.4, -0.2) is 44.1 Å². The van der Waals surface area contributed by atoms with E-state index in [1.807, 2.05) is 24.9 Å². The van der Waals surface area contributed by atoms with E-state index < -0.39 is 0 Å². The Morgan fingerprint density at radius 3 is 2.91 bits per heavy atom. The first-order chi connectivity index (χ1) is 10.5. The number of benzene rings is 1. The fourth-order valence-corrected chi connectivity index (χ4v) is 2.99. The van der Waals surface area contributed by atoms with Gasteiger partial charge in [0.2, 0.25) is 0 Å². The summed E-state index contributed by atoms with van der Waals surface area (Å²) in [5.74, 6) is 1.89. The second-order valence-corrected chi connectivity index (χ2v) is 6.54. The van der Waals surface area contributed by atoms with Crippen molar-refractivity contribution in [1.29, 1.82) is 0 Å². The number of nitrogens with one attached hydrogen (secondary N) is 1. The van der Waals surface area contributed by atoms with E-state index in [0.29, 0.717) is 11.8 Å². The average molecular weight is 304 g/mol. The number of hydrogen-bond acceptors (Lipinski definition) is 3. The summed E-state index contributed by atoms with van der Waals surface area (Å²) in [5, 5.41) is 3.18. The van der Waals surface area contributed by atoms with Crippen molar-refractivity contribution in [2.75, 3.05) is 33.3 Å². The molecule has 1 aliphatic rings. The highest BCUT2D eigenvalue weighted by molar-refractivity contribution is 5.78. The summed E-state index contributed by atoms with van der Waals surface area (Å²) < 4.78 is 5.84. The molecule has 1 unspecified atom stereocenters. The number of nitrogens with zero attached hydrogens (tertiary/aromatic N) is 1. The van der Waals surface area contributed by atoms with Crippen LogP contribution in [0.2, 0.25) is 0 Å². The van der Waals surface area contributed by atoms with Crippen molar-refractivity contribution >= 4 is 5.91 Å². The molecule has 1 fully saturated rings. The third-order valence-electron chi connectivity index (χ3n) is 4.27. The van der Waals surface area contributed by atoms with Gasteiger partial charge in [-0.2, -0.15) is 0 Å². The van der Waals surface area contributed by atoms with Crippen LogP contribution in [0, 0.1) is 12.8 Å². The summed E-state index contributed by atoms with van der Waals surface area (Å²) in [6.45, 7) is 9.12. The van der Waals surface area contributed by atoms with E-state index in [1.54, 1.807) is 0 Å². The lowest BCUT2D eigenvalue weighted by atomic mass is 10.0. The molecule has 0 aliphatic carbocycles. The molecule has 1 heterocycles. The van der Waals surface area contributed by atoms with Crippen LogP contribution in [-0.2, 0) is 4.79 Å². The zero-order valence-corrected chi connectivity index (χ0v) is 14.2. The van der Waals surface area contributed by atoms with E-state index in [0.717, 1.165) is 42.9 Å². The second-order valence-electron chi connectivity index (χ2n) is 6.54. The van der Waals surface area contributed by atoms with Crippen LogP contribution >= 0.6 is 0 Å². The highest BCUT2D eigenvalue weighted by Crippen LogP contribution is 2.27. The number of hydrogen-bond donors (Lipinski definition) is 1. The van der Waals surface area contributed by atoms with Gasteiger partial charge in [0.1, 0.15) is 5.75 Å². The fourth-order valence-electron chi connectivity index (χ4n) is 2.99. The summed E-state index contributed by atoms with van der Waals surface area (Å²) >= 11 is 0. The molecule has 0 bridgehead atoms. The van der Waals surface area contributed by atoms with Crippen LogP contribution in [0.1, 0.15) is 37.3 Å². The first-order valence-electron chi connectivity index (χ1n) is 8.17. The Morgan fingerprint density at radius 1 is 1.45 bits per heavy atom. The van der Waals surface area contributed by atoms with Gasteiger partial charge in [0.25, 0.3) is 5.91 Å². The van der Waals surface area contributed by atoms with Crippen molar-refractivity contribution in [3.63, 3.8) is 0 Å². The standard InChI is InChI=1S/C18H28N2O2/c1-13(2)16-6-5-14(3)9-17(16)22-12-18(21)20-8-7-15(11-20)10-19-4/h5-6,9,13,15,19H,7-8,10-12H2,1-4H3. The maximum Gasteiger partial charge on any atom is 0.260 e. The lowest BCUT2D eigenvalue weighted by Crippen LogP contribution is -2.34. The van der Waals surface area contributed by atoms with Crippen LogP contribution in [0.4, 0.5) is 0 Å². The topological polar surface area (TPSA) is 41.6 Å². The first-order valence-corrected chi connectivity index (χ1v) is 8.17. The molecule has 122 valence electrons. The normalized spacial score (nSPS) is 18.0. The van der Waals surface area contributed by atoms with Crippen LogP contribution in [0.15, 0.2) is 18.2 Å². The molecule has 4 nitrogen and oxygen atoms in total. The van der Waals surface area contributed by atoms with Gasteiger partial charge < -0.3 is 15.0 Å². The van der Waals surface area contributed by atoms with E-state index in [2.05, 4.69) is 31.3 Å². The van der Waals surface area contributed by atoms with Crippen molar-refractivity contribution in [2.45, 2.75) is 33.1 Å². The molecule has 2 rings (SSSR count). The van der Waals surface area contributed by atoms with Crippen LogP contribution in [0.25, 0.3) is 0 Å². The number of amides is 1. The summed E-state index contributed by atoms with van der Waals surface area (Å²) in [4.78, 5) is 14.2. The molecule has 1 saturated heterocycles. The predicted octanol–water partition coefficient (Wildman–Crippen LogP) is 2.57. The van der Waals surface area contributed by atoms with Gasteiger partial charge in [-0.3, -0.25) is 4.79 Å². The minimum atomic E-state index is 0.0924.